The van der Waals surface area contributed by atoms with Crippen LogP contribution in [-0.4, -0.2) is 52.1 Å². The van der Waals surface area contributed by atoms with Gasteiger partial charge in [0.05, 0.1) is 9.80 Å². The average molecular weight is 428 g/mol. The number of hydrogen-bond donors (Lipinski definition) is 0. The van der Waals surface area contributed by atoms with Gasteiger partial charge in [-0.3, -0.25) is 14.9 Å². The van der Waals surface area contributed by atoms with Crippen LogP contribution in [0.25, 0.3) is 16.0 Å². The molecular formula is C19H17N5O3S2. The normalized spacial score (nSPS) is 14.5. The number of non-ortho nitro benzene ring substituents is 1. The lowest BCUT2D eigenvalue weighted by molar-refractivity contribution is -0.384. The predicted octanol–water partition coefficient (Wildman–Crippen LogP) is 3.54. The monoisotopic (exact) mass is 427 g/mol. The minimum absolute atomic E-state index is 0.0310. The van der Waals surface area contributed by atoms with Crippen molar-refractivity contribution in [3.63, 3.8) is 0 Å². The molecule has 0 atom stereocenters. The van der Waals surface area contributed by atoms with Crippen molar-refractivity contribution in [2.24, 2.45) is 0 Å². The van der Waals surface area contributed by atoms with E-state index >= 15 is 0 Å². The van der Waals surface area contributed by atoms with Gasteiger partial charge in [0, 0.05) is 44.4 Å². The molecule has 29 heavy (non-hydrogen) atoms. The molecule has 0 spiro atoms. The fourth-order valence-corrected chi connectivity index (χ4v) is 4.63. The van der Waals surface area contributed by atoms with Gasteiger partial charge in [-0.15, -0.1) is 21.5 Å². The first-order chi connectivity index (χ1) is 14.1. The largest absolute Gasteiger partial charge is 0.343 e. The Labute approximate surface area is 174 Å². The number of carbonyl (C=O) groups is 1. The summed E-state index contributed by atoms with van der Waals surface area (Å²) in [4.78, 5) is 27.7. The van der Waals surface area contributed by atoms with E-state index < -0.39 is 4.92 Å². The number of thiophene rings is 1. The molecule has 1 fully saturated rings. The van der Waals surface area contributed by atoms with E-state index in [4.69, 9.17) is 0 Å². The van der Waals surface area contributed by atoms with E-state index in [1.807, 2.05) is 17.5 Å². The number of anilines is 1. The zero-order valence-corrected chi connectivity index (χ0v) is 16.9. The summed E-state index contributed by atoms with van der Waals surface area (Å²) in [5.74, 6) is -0.0699. The van der Waals surface area contributed by atoms with E-state index in [9.17, 15) is 14.9 Å². The molecule has 1 aromatic carbocycles. The number of hydrogen-bond acceptors (Lipinski definition) is 8. The Kier molecular flexibility index (Phi) is 5.63. The van der Waals surface area contributed by atoms with Crippen molar-refractivity contribution in [1.29, 1.82) is 0 Å². The first-order valence-electron chi connectivity index (χ1n) is 8.94. The van der Waals surface area contributed by atoms with Crippen LogP contribution in [0.2, 0.25) is 0 Å². The second-order valence-corrected chi connectivity index (χ2v) is 8.27. The third kappa shape index (κ3) is 4.49. The molecule has 0 radical (unpaired) electrons. The number of amides is 1. The number of nitro benzene ring substituents is 1. The molecule has 148 valence electrons. The van der Waals surface area contributed by atoms with E-state index in [0.717, 1.165) is 20.6 Å². The second-order valence-electron chi connectivity index (χ2n) is 6.36. The maximum Gasteiger partial charge on any atom is 0.269 e. The number of benzene rings is 1. The third-order valence-electron chi connectivity index (χ3n) is 4.53. The summed E-state index contributed by atoms with van der Waals surface area (Å²) in [5, 5.41) is 23.1. The van der Waals surface area contributed by atoms with Gasteiger partial charge in [0.15, 0.2) is 5.01 Å². The minimum Gasteiger partial charge on any atom is -0.343 e. The van der Waals surface area contributed by atoms with Crippen molar-refractivity contribution in [2.75, 3.05) is 31.1 Å². The van der Waals surface area contributed by atoms with Crippen molar-refractivity contribution < 1.29 is 9.72 Å². The SMILES string of the molecule is O=C(/C=C/c1ccc([N+](=O)[O-])cc1)N1CCN(c2nnc(-c3cccs3)s2)CC1. The van der Waals surface area contributed by atoms with Gasteiger partial charge < -0.3 is 9.80 Å². The van der Waals surface area contributed by atoms with Crippen LogP contribution in [0.15, 0.2) is 47.9 Å². The van der Waals surface area contributed by atoms with Crippen LogP contribution in [0.4, 0.5) is 10.8 Å². The van der Waals surface area contributed by atoms with Crippen LogP contribution in [0.1, 0.15) is 5.56 Å². The van der Waals surface area contributed by atoms with Gasteiger partial charge in [0.2, 0.25) is 11.0 Å². The summed E-state index contributed by atoms with van der Waals surface area (Å²) in [6.07, 6.45) is 3.19. The molecule has 0 bridgehead atoms. The Morgan fingerprint density at radius 2 is 1.86 bits per heavy atom. The fraction of sp³-hybridized carbons (Fsp3) is 0.211. The number of nitro groups is 1. The third-order valence-corrected chi connectivity index (χ3v) is 6.55. The summed E-state index contributed by atoms with van der Waals surface area (Å²) in [6, 6.07) is 10.1. The van der Waals surface area contributed by atoms with Gasteiger partial charge in [-0.1, -0.05) is 17.4 Å². The molecule has 3 aromatic rings. The molecule has 8 nitrogen and oxygen atoms in total. The van der Waals surface area contributed by atoms with E-state index in [2.05, 4.69) is 15.1 Å². The van der Waals surface area contributed by atoms with Crippen LogP contribution in [0.3, 0.4) is 0 Å². The Bertz CT molecular complexity index is 1020. The van der Waals surface area contributed by atoms with Crippen molar-refractivity contribution >= 4 is 45.5 Å². The molecule has 2 aromatic heterocycles. The summed E-state index contributed by atoms with van der Waals surface area (Å²) in [5.41, 5.74) is 0.779. The Morgan fingerprint density at radius 1 is 1.10 bits per heavy atom. The van der Waals surface area contributed by atoms with E-state index in [1.54, 1.807) is 45.8 Å². The molecule has 1 saturated heterocycles. The predicted molar refractivity (Wildman–Crippen MR) is 114 cm³/mol. The summed E-state index contributed by atoms with van der Waals surface area (Å²) < 4.78 is 0. The molecule has 1 aliphatic heterocycles. The van der Waals surface area contributed by atoms with Crippen molar-refractivity contribution in [1.82, 2.24) is 15.1 Å². The summed E-state index contributed by atoms with van der Waals surface area (Å²) in [7, 11) is 0. The Balaban J connectivity index is 1.32. The lowest BCUT2D eigenvalue weighted by Crippen LogP contribution is -2.48. The summed E-state index contributed by atoms with van der Waals surface area (Å²) >= 11 is 3.21. The van der Waals surface area contributed by atoms with Gasteiger partial charge in [0.25, 0.3) is 5.69 Å². The second kappa shape index (κ2) is 8.50. The number of nitrogens with zero attached hydrogens (tertiary/aromatic N) is 5. The quantitative estimate of drug-likeness (QED) is 0.351. The molecule has 1 amide bonds. The van der Waals surface area contributed by atoms with Crippen LogP contribution < -0.4 is 4.90 Å². The van der Waals surface area contributed by atoms with Crippen LogP contribution in [0.5, 0.6) is 0 Å². The van der Waals surface area contributed by atoms with Crippen LogP contribution >= 0.6 is 22.7 Å². The molecule has 0 saturated carbocycles. The lowest BCUT2D eigenvalue weighted by Gasteiger charge is -2.33. The van der Waals surface area contributed by atoms with E-state index in [1.165, 1.54) is 18.2 Å². The minimum atomic E-state index is -0.445. The molecule has 0 unspecified atom stereocenters. The maximum absolute atomic E-state index is 12.4. The average Bonchev–Trinajstić information content (AvgIpc) is 3.44. The summed E-state index contributed by atoms with van der Waals surface area (Å²) in [6.45, 7) is 2.63. The first-order valence-corrected chi connectivity index (χ1v) is 10.6. The van der Waals surface area contributed by atoms with E-state index in [0.29, 0.717) is 26.2 Å². The van der Waals surface area contributed by atoms with Crippen molar-refractivity contribution in [3.05, 3.63) is 63.5 Å². The maximum atomic E-state index is 12.4. The van der Waals surface area contributed by atoms with Gasteiger partial charge in [-0.25, -0.2) is 0 Å². The number of aromatic nitrogens is 2. The van der Waals surface area contributed by atoms with Crippen LogP contribution in [0, 0.1) is 10.1 Å². The highest BCUT2D eigenvalue weighted by molar-refractivity contribution is 7.22. The molecule has 10 heteroatoms. The smallest absolute Gasteiger partial charge is 0.269 e. The number of piperazine rings is 1. The van der Waals surface area contributed by atoms with Gasteiger partial charge in [0.1, 0.15) is 0 Å². The van der Waals surface area contributed by atoms with Crippen molar-refractivity contribution in [2.45, 2.75) is 0 Å². The fourth-order valence-electron chi connectivity index (χ4n) is 2.94. The topological polar surface area (TPSA) is 92.5 Å². The van der Waals surface area contributed by atoms with E-state index in [-0.39, 0.29) is 11.6 Å². The molecule has 4 rings (SSSR count). The van der Waals surface area contributed by atoms with Crippen LogP contribution in [-0.2, 0) is 4.79 Å². The molecule has 0 N–H and O–H groups in total. The van der Waals surface area contributed by atoms with Gasteiger partial charge >= 0.3 is 0 Å². The Morgan fingerprint density at radius 3 is 2.52 bits per heavy atom. The zero-order chi connectivity index (χ0) is 20.2. The Hall–Kier alpha value is -3.11. The first kappa shape index (κ1) is 19.2. The standard InChI is InChI=1S/C19H17N5O3S2/c25-17(8-5-14-3-6-15(7-4-14)24(26)27)22-9-11-23(12-10-22)19-21-20-18(29-19)16-2-1-13-28-16/h1-8,13H,9-12H2/b8-5+. The highest BCUT2D eigenvalue weighted by Gasteiger charge is 2.22. The highest BCUT2D eigenvalue weighted by Crippen LogP contribution is 2.31. The van der Waals surface area contributed by atoms with Gasteiger partial charge in [-0.2, -0.15) is 0 Å². The van der Waals surface area contributed by atoms with Crippen molar-refractivity contribution in [3.8, 4) is 9.88 Å². The molecule has 1 aliphatic rings. The highest BCUT2D eigenvalue weighted by atomic mass is 32.1. The number of carbonyl (C=O) groups excluding carboxylic acids is 1. The molecule has 0 aliphatic carbocycles. The zero-order valence-electron chi connectivity index (χ0n) is 15.3. The molecular weight excluding hydrogens is 410 g/mol. The lowest BCUT2D eigenvalue weighted by atomic mass is 10.2. The number of rotatable bonds is 5. The molecule has 3 heterocycles. The van der Waals surface area contributed by atoms with Gasteiger partial charge in [-0.05, 0) is 35.2 Å².